The van der Waals surface area contributed by atoms with Gasteiger partial charge in [0.15, 0.2) is 0 Å². The number of likely N-dealkylation sites (N-methyl/N-ethyl adjacent to an activating group) is 1. The molecule has 2 saturated carbocycles. The van der Waals surface area contributed by atoms with Crippen LogP contribution in [0.15, 0.2) is 0 Å². The maximum absolute atomic E-state index is 6.18. The average Bonchev–Trinajstić information content (AvgIpc) is 3.08. The highest BCUT2D eigenvalue weighted by molar-refractivity contribution is 5.06. The quantitative estimate of drug-likeness (QED) is 0.807. The Bertz CT molecular complexity index is 298. The van der Waals surface area contributed by atoms with Crippen molar-refractivity contribution in [3.63, 3.8) is 0 Å². The van der Waals surface area contributed by atoms with Crippen molar-refractivity contribution in [1.82, 2.24) is 9.80 Å². The van der Waals surface area contributed by atoms with Crippen LogP contribution in [0.5, 0.6) is 0 Å². The van der Waals surface area contributed by atoms with Gasteiger partial charge in [0.1, 0.15) is 0 Å². The van der Waals surface area contributed by atoms with Crippen molar-refractivity contribution < 1.29 is 0 Å². The number of hydrogen-bond acceptors (Lipinski definition) is 3. The van der Waals surface area contributed by atoms with Crippen molar-refractivity contribution in [2.75, 3.05) is 26.7 Å². The van der Waals surface area contributed by atoms with Gasteiger partial charge >= 0.3 is 0 Å². The van der Waals surface area contributed by atoms with Crippen LogP contribution in [0.3, 0.4) is 0 Å². The molecule has 3 heteroatoms. The summed E-state index contributed by atoms with van der Waals surface area (Å²) >= 11 is 0. The lowest BCUT2D eigenvalue weighted by Crippen LogP contribution is -2.55. The average molecular weight is 251 g/mol. The van der Waals surface area contributed by atoms with Gasteiger partial charge in [-0.2, -0.15) is 0 Å². The minimum Gasteiger partial charge on any atom is -0.329 e. The monoisotopic (exact) mass is 251 g/mol. The molecule has 0 aromatic carbocycles. The molecule has 2 N–H and O–H groups in total. The molecule has 18 heavy (non-hydrogen) atoms. The van der Waals surface area contributed by atoms with E-state index in [1.54, 1.807) is 0 Å². The minimum atomic E-state index is 0.262. The Morgan fingerprint density at radius 3 is 2.50 bits per heavy atom. The fourth-order valence-corrected chi connectivity index (χ4v) is 3.96. The highest BCUT2D eigenvalue weighted by Crippen LogP contribution is 2.40. The van der Waals surface area contributed by atoms with Gasteiger partial charge < -0.3 is 5.73 Å². The zero-order valence-electron chi connectivity index (χ0n) is 12.1. The molecule has 0 aromatic rings. The van der Waals surface area contributed by atoms with Gasteiger partial charge in [0.25, 0.3) is 0 Å². The molecular formula is C15H29N3. The maximum Gasteiger partial charge on any atom is 0.0470 e. The van der Waals surface area contributed by atoms with Crippen LogP contribution in [0.2, 0.25) is 0 Å². The van der Waals surface area contributed by atoms with Crippen LogP contribution < -0.4 is 5.73 Å². The van der Waals surface area contributed by atoms with Gasteiger partial charge in [0.2, 0.25) is 0 Å². The van der Waals surface area contributed by atoms with Crippen molar-refractivity contribution >= 4 is 0 Å². The van der Waals surface area contributed by atoms with Crippen molar-refractivity contribution in [1.29, 1.82) is 0 Å². The summed E-state index contributed by atoms with van der Waals surface area (Å²) in [5.74, 6) is 0.948. The molecule has 1 aliphatic heterocycles. The van der Waals surface area contributed by atoms with E-state index < -0.39 is 0 Å². The molecule has 2 aliphatic carbocycles. The fourth-order valence-electron chi connectivity index (χ4n) is 3.96. The smallest absolute Gasteiger partial charge is 0.0470 e. The topological polar surface area (TPSA) is 32.5 Å². The summed E-state index contributed by atoms with van der Waals surface area (Å²) in [5.41, 5.74) is 6.44. The van der Waals surface area contributed by atoms with Crippen LogP contribution in [0.1, 0.15) is 45.4 Å². The summed E-state index contributed by atoms with van der Waals surface area (Å²) in [4.78, 5) is 5.33. The summed E-state index contributed by atoms with van der Waals surface area (Å²) in [6, 6.07) is 1.61. The van der Waals surface area contributed by atoms with Crippen LogP contribution in [0.25, 0.3) is 0 Å². The van der Waals surface area contributed by atoms with E-state index in [1.807, 2.05) is 0 Å². The lowest BCUT2D eigenvalue weighted by Gasteiger charge is -2.41. The molecule has 3 nitrogen and oxygen atoms in total. The largest absolute Gasteiger partial charge is 0.329 e. The number of rotatable bonds is 5. The predicted molar refractivity (Wildman–Crippen MR) is 75.6 cm³/mol. The number of likely N-dealkylation sites (tertiary alicyclic amines) is 1. The Hall–Kier alpha value is -0.120. The van der Waals surface area contributed by atoms with Gasteiger partial charge in [-0.3, -0.25) is 9.80 Å². The first-order chi connectivity index (χ1) is 8.64. The third-order valence-corrected chi connectivity index (χ3v) is 5.68. The molecule has 2 atom stereocenters. The zero-order chi connectivity index (χ0) is 12.8. The molecule has 104 valence electrons. The molecule has 0 amide bonds. The molecule has 0 bridgehead atoms. The Morgan fingerprint density at radius 2 is 2.00 bits per heavy atom. The lowest BCUT2D eigenvalue weighted by atomic mass is 9.83. The molecule has 3 fully saturated rings. The Balaban J connectivity index is 1.65. The van der Waals surface area contributed by atoms with Gasteiger partial charge in [-0.1, -0.05) is 6.42 Å². The van der Waals surface area contributed by atoms with E-state index in [2.05, 4.69) is 23.8 Å². The van der Waals surface area contributed by atoms with Gasteiger partial charge in [-0.05, 0) is 52.0 Å². The van der Waals surface area contributed by atoms with E-state index in [0.29, 0.717) is 0 Å². The fraction of sp³-hybridized carbons (Fsp3) is 1.00. The highest BCUT2D eigenvalue weighted by Gasteiger charge is 2.48. The van der Waals surface area contributed by atoms with E-state index in [0.717, 1.165) is 24.5 Å². The summed E-state index contributed by atoms with van der Waals surface area (Å²) < 4.78 is 0. The van der Waals surface area contributed by atoms with Crippen molar-refractivity contribution in [2.45, 2.75) is 63.1 Å². The first kappa shape index (κ1) is 12.9. The lowest BCUT2D eigenvalue weighted by molar-refractivity contribution is 0.0883. The second-order valence-corrected chi connectivity index (χ2v) is 7.06. The Labute approximate surface area is 112 Å². The zero-order valence-corrected chi connectivity index (χ0v) is 12.1. The summed E-state index contributed by atoms with van der Waals surface area (Å²) in [7, 11) is 2.31. The van der Waals surface area contributed by atoms with Gasteiger partial charge in [-0.25, -0.2) is 0 Å². The Kier molecular flexibility index (Phi) is 3.41. The highest BCUT2D eigenvalue weighted by atomic mass is 15.3. The van der Waals surface area contributed by atoms with Crippen molar-refractivity contribution in [2.24, 2.45) is 11.7 Å². The van der Waals surface area contributed by atoms with E-state index in [1.165, 1.54) is 51.6 Å². The molecule has 2 unspecified atom stereocenters. The Morgan fingerprint density at radius 1 is 1.28 bits per heavy atom. The van der Waals surface area contributed by atoms with Crippen LogP contribution >= 0.6 is 0 Å². The molecule has 0 radical (unpaired) electrons. The standard InChI is InChI=1S/C15H29N3/c1-12-8-15(10-16,11-18(12)14-6-7-14)17(2)9-13-4-3-5-13/h12-14H,3-11,16H2,1-2H3. The van der Waals surface area contributed by atoms with Crippen LogP contribution in [-0.4, -0.2) is 54.1 Å². The van der Waals surface area contributed by atoms with Gasteiger partial charge in [-0.15, -0.1) is 0 Å². The van der Waals surface area contributed by atoms with Gasteiger partial charge in [0, 0.05) is 37.3 Å². The number of hydrogen-bond donors (Lipinski definition) is 1. The van der Waals surface area contributed by atoms with Crippen LogP contribution in [0.4, 0.5) is 0 Å². The van der Waals surface area contributed by atoms with E-state index >= 15 is 0 Å². The summed E-state index contributed by atoms with van der Waals surface area (Å²) in [6.07, 6.45) is 8.41. The summed E-state index contributed by atoms with van der Waals surface area (Å²) in [5, 5.41) is 0. The van der Waals surface area contributed by atoms with Crippen molar-refractivity contribution in [3.05, 3.63) is 0 Å². The first-order valence-electron chi connectivity index (χ1n) is 7.82. The second-order valence-electron chi connectivity index (χ2n) is 7.06. The third kappa shape index (κ3) is 2.21. The second kappa shape index (κ2) is 4.77. The third-order valence-electron chi connectivity index (χ3n) is 5.68. The molecule has 0 spiro atoms. The predicted octanol–water partition coefficient (Wildman–Crippen LogP) is 1.67. The molecule has 1 saturated heterocycles. The van der Waals surface area contributed by atoms with Crippen molar-refractivity contribution in [3.8, 4) is 0 Å². The maximum atomic E-state index is 6.18. The minimum absolute atomic E-state index is 0.262. The first-order valence-corrected chi connectivity index (χ1v) is 7.82. The van der Waals surface area contributed by atoms with Crippen LogP contribution in [-0.2, 0) is 0 Å². The number of nitrogens with zero attached hydrogens (tertiary/aromatic N) is 2. The van der Waals surface area contributed by atoms with E-state index in [-0.39, 0.29) is 5.54 Å². The normalized spacial score (nSPS) is 38.3. The molecular weight excluding hydrogens is 222 g/mol. The van der Waals surface area contributed by atoms with E-state index in [4.69, 9.17) is 5.73 Å². The summed E-state index contributed by atoms with van der Waals surface area (Å²) in [6.45, 7) is 5.69. The van der Waals surface area contributed by atoms with E-state index in [9.17, 15) is 0 Å². The SMILES string of the molecule is CC1CC(CN)(N(C)CC2CCC2)CN1C1CC1. The van der Waals surface area contributed by atoms with Crippen LogP contribution in [0, 0.1) is 5.92 Å². The molecule has 1 heterocycles. The number of nitrogens with two attached hydrogens (primary N) is 1. The van der Waals surface area contributed by atoms with Gasteiger partial charge in [0.05, 0.1) is 0 Å². The molecule has 0 aromatic heterocycles. The molecule has 3 aliphatic rings. The molecule has 3 rings (SSSR count).